The van der Waals surface area contributed by atoms with Gasteiger partial charge in [-0.15, -0.1) is 10.8 Å². The van der Waals surface area contributed by atoms with Crippen molar-refractivity contribution >= 4 is 12.0 Å². The molecule has 0 aliphatic carbocycles. The fraction of sp³-hybridized carbons (Fsp3) is 0. The van der Waals surface area contributed by atoms with Gasteiger partial charge < -0.3 is 15.8 Å². The minimum Gasteiger partial charge on any atom is -0.348 e. The Bertz CT molecular complexity index is 485. The molecule has 0 aromatic heterocycles. The van der Waals surface area contributed by atoms with Gasteiger partial charge in [0.05, 0.1) is 10.2 Å². The Balaban J connectivity index is 5.52. The van der Waals surface area contributed by atoms with E-state index < -0.39 is 27.3 Å². The number of hydrazine groups is 2. The van der Waals surface area contributed by atoms with Gasteiger partial charge in [0.1, 0.15) is 5.12 Å². The molecular formula is C3H3N11O5. The Kier molecular flexibility index (Phi) is 5.31. The van der Waals surface area contributed by atoms with Crippen LogP contribution in [0.2, 0.25) is 0 Å². The highest BCUT2D eigenvalue weighted by Gasteiger charge is 2.41. The predicted molar refractivity (Wildman–Crippen MR) is 51.5 cm³/mol. The molecule has 16 heteroatoms. The Morgan fingerprint density at radius 2 is 2.26 bits per heavy atom. The van der Waals surface area contributed by atoms with Crippen molar-refractivity contribution in [3.63, 3.8) is 0 Å². The van der Waals surface area contributed by atoms with Crippen molar-refractivity contribution in [2.75, 3.05) is 0 Å². The van der Waals surface area contributed by atoms with Gasteiger partial charge in [0.2, 0.25) is 0 Å². The van der Waals surface area contributed by atoms with Crippen LogP contribution in [-0.2, 0) is 4.84 Å². The first kappa shape index (κ1) is 15.1. The van der Waals surface area contributed by atoms with Crippen molar-refractivity contribution in [3.05, 3.63) is 25.5 Å². The van der Waals surface area contributed by atoms with Crippen LogP contribution in [-0.4, -0.2) is 32.4 Å². The predicted octanol–water partition coefficient (Wildman–Crippen LogP) is -0.668. The van der Waals surface area contributed by atoms with Crippen LogP contribution in [0, 0.1) is 31.9 Å². The fourth-order valence-corrected chi connectivity index (χ4v) is 0.629. The molecule has 0 atom stereocenters. The monoisotopic (exact) mass is 273 g/mol. The van der Waals surface area contributed by atoms with Crippen LogP contribution in [0.25, 0.3) is 10.4 Å². The molecule has 3 N–H and O–H groups in total. The summed E-state index contributed by atoms with van der Waals surface area (Å²) in [7, 11) is 0. The molecule has 0 fully saturated rings. The van der Waals surface area contributed by atoms with Crippen LogP contribution in [0.1, 0.15) is 0 Å². The Labute approximate surface area is 102 Å². The van der Waals surface area contributed by atoms with E-state index in [9.17, 15) is 19.8 Å². The first-order valence-electron chi connectivity index (χ1n) is 3.77. The largest absolute Gasteiger partial charge is 0.482 e. The van der Waals surface area contributed by atoms with E-state index in [1.165, 1.54) is 0 Å². The smallest absolute Gasteiger partial charge is 0.348 e. The lowest BCUT2D eigenvalue weighted by molar-refractivity contribution is -0.637. The van der Waals surface area contributed by atoms with Crippen LogP contribution in [0.15, 0.2) is 10.5 Å². The van der Waals surface area contributed by atoms with Gasteiger partial charge in [0.25, 0.3) is 0 Å². The number of nitriles is 1. The van der Waals surface area contributed by atoms with Crippen molar-refractivity contribution in [1.82, 2.24) is 15.4 Å². The summed E-state index contributed by atoms with van der Waals surface area (Å²) < 4.78 is 0. The van der Waals surface area contributed by atoms with E-state index in [-0.39, 0.29) is 5.12 Å². The number of nitroso groups, excluding NO2 is 1. The number of nitro groups is 1. The number of amides is 2. The van der Waals surface area contributed by atoms with E-state index in [2.05, 4.69) is 15.0 Å². The second-order valence-corrected chi connectivity index (χ2v) is 2.20. The third-order valence-electron chi connectivity index (χ3n) is 1.21. The summed E-state index contributed by atoms with van der Waals surface area (Å²) in [5, 5.41) is 26.8. The zero-order chi connectivity index (χ0) is 15.0. The molecule has 0 saturated heterocycles. The van der Waals surface area contributed by atoms with Crippen molar-refractivity contribution in [2.24, 2.45) is 16.2 Å². The van der Waals surface area contributed by atoms with Gasteiger partial charge in [-0.25, -0.2) is 10.2 Å². The lowest BCUT2D eigenvalue weighted by Crippen LogP contribution is -2.53. The molecule has 0 unspecified atom stereocenters. The average Bonchev–Trinajstić information content (AvgIpc) is 2.33. The first-order chi connectivity index (χ1) is 8.90. The number of nitrogens with two attached hydrogens (primary N) is 1. The summed E-state index contributed by atoms with van der Waals surface area (Å²) in [6, 6.07) is -1.97. The van der Waals surface area contributed by atoms with Gasteiger partial charge in [0.15, 0.2) is 0 Å². The van der Waals surface area contributed by atoms with Gasteiger partial charge in [-0.2, -0.15) is 4.91 Å². The summed E-state index contributed by atoms with van der Waals surface area (Å²) in [5.41, 5.74) is 13.0. The molecule has 16 nitrogen and oxygen atoms in total. The molecule has 0 aliphatic heterocycles. The maximum Gasteiger partial charge on any atom is 0.482 e. The Morgan fingerprint density at radius 3 is 2.58 bits per heavy atom. The summed E-state index contributed by atoms with van der Waals surface area (Å²) >= 11 is 0. The number of azide groups is 1. The number of hydrogen-bond donors (Lipinski definition) is 2. The maximum atomic E-state index is 11.4. The molecule has 0 aromatic rings. The summed E-state index contributed by atoms with van der Waals surface area (Å²) in [4.78, 5) is 37.8. The highest BCUT2D eigenvalue weighted by atomic mass is 16.7. The second-order valence-electron chi connectivity index (χ2n) is 2.20. The average molecular weight is 273 g/mol. The van der Waals surface area contributed by atoms with E-state index >= 15 is 0 Å². The minimum absolute atomic E-state index is 0.173. The van der Waals surface area contributed by atoms with Gasteiger partial charge in [-0.3, -0.25) is 4.84 Å². The highest BCUT2D eigenvalue weighted by molar-refractivity contribution is 5.79. The number of nitrogens with zero attached hydrogens (tertiary/aromatic N) is 9. The van der Waals surface area contributed by atoms with Crippen molar-refractivity contribution in [1.29, 1.82) is 10.7 Å². The van der Waals surface area contributed by atoms with Gasteiger partial charge in [-0.05, 0) is 5.12 Å². The van der Waals surface area contributed by atoms with Gasteiger partial charge in [-0.1, -0.05) is 0 Å². The van der Waals surface area contributed by atoms with E-state index in [1.807, 2.05) is 0 Å². The summed E-state index contributed by atoms with van der Waals surface area (Å²) in [6.45, 7) is 0. The topological polar surface area (TPSA) is 231 Å². The van der Waals surface area contributed by atoms with E-state index in [4.69, 9.17) is 21.9 Å². The molecule has 2 amide bonds. The van der Waals surface area contributed by atoms with E-state index in [1.54, 1.807) is 5.29 Å². The highest BCUT2D eigenvalue weighted by Crippen LogP contribution is 2.06. The minimum atomic E-state index is -1.97. The summed E-state index contributed by atoms with van der Waals surface area (Å²) in [5.74, 6) is -1.14. The molecule has 0 heterocycles. The number of nitrogens with one attached hydrogen (secondary N) is 1. The standard InChI is InChI=1S/C3H3N11O5/c4-1-19-13(11(2(5)6)9-8-7)3(15)12(10-16)14(17)18/h(H3,5,6). The molecule has 0 aromatic carbocycles. The van der Waals surface area contributed by atoms with Crippen molar-refractivity contribution in [2.45, 2.75) is 0 Å². The number of urea groups is 1. The van der Waals surface area contributed by atoms with Crippen LogP contribution in [0.3, 0.4) is 0 Å². The summed E-state index contributed by atoms with van der Waals surface area (Å²) in [6.07, 6.45) is 0.895. The Hall–Kier alpha value is -3.86. The third-order valence-corrected chi connectivity index (χ3v) is 1.21. The van der Waals surface area contributed by atoms with E-state index in [0.717, 1.165) is 6.26 Å². The molecule has 0 aliphatic rings. The number of guanidine groups is 1. The van der Waals surface area contributed by atoms with Crippen LogP contribution in [0.4, 0.5) is 4.79 Å². The molecule has 0 spiro atoms. The number of carbonyl (C=O) groups is 1. The second kappa shape index (κ2) is 6.66. The van der Waals surface area contributed by atoms with Crippen molar-refractivity contribution < 1.29 is 14.7 Å². The maximum absolute atomic E-state index is 11.4. The zero-order valence-corrected chi connectivity index (χ0v) is 8.64. The SMILES string of the molecule is N#CON(C(=O)N(N=O)[N+](=O)[O-])N(N=[N+]=[N-])C(=N)N. The fourth-order valence-electron chi connectivity index (χ4n) is 0.629. The molecule has 19 heavy (non-hydrogen) atoms. The number of hydroxylamine groups is 1. The molecule has 0 radical (unpaired) electrons. The Morgan fingerprint density at radius 1 is 1.68 bits per heavy atom. The first-order valence-corrected chi connectivity index (χ1v) is 3.77. The molecule has 0 saturated carbocycles. The molecule has 0 rings (SSSR count). The van der Waals surface area contributed by atoms with Crippen LogP contribution < -0.4 is 5.73 Å². The lowest BCUT2D eigenvalue weighted by atomic mass is 10.9. The molecular weight excluding hydrogens is 270 g/mol. The molecule has 0 bridgehead atoms. The normalized spacial score (nSPS) is 8.16. The van der Waals surface area contributed by atoms with Crippen LogP contribution in [0.5, 0.6) is 0 Å². The van der Waals surface area contributed by atoms with Gasteiger partial charge >= 0.3 is 23.5 Å². The zero-order valence-electron chi connectivity index (χ0n) is 8.64. The van der Waals surface area contributed by atoms with Crippen LogP contribution >= 0.6 is 0 Å². The van der Waals surface area contributed by atoms with E-state index in [0.29, 0.717) is 0 Å². The number of carbonyl (C=O) groups excluding carboxylic acids is 1. The molecule has 100 valence electrons. The quantitative estimate of drug-likeness (QED) is 0.0764. The number of rotatable bonds is 4. The van der Waals surface area contributed by atoms with Gasteiger partial charge in [0, 0.05) is 10.1 Å². The third kappa shape index (κ3) is 3.58. The van der Waals surface area contributed by atoms with Crippen molar-refractivity contribution in [3.8, 4) is 6.26 Å². The number of hydrogen-bond acceptors (Lipinski definition) is 9. The lowest BCUT2D eigenvalue weighted by Gasteiger charge is -2.19.